The van der Waals surface area contributed by atoms with Gasteiger partial charge in [-0.15, -0.1) is 0 Å². The molecule has 0 aliphatic carbocycles. The van der Waals surface area contributed by atoms with Crippen molar-refractivity contribution >= 4 is 22.9 Å². The summed E-state index contributed by atoms with van der Waals surface area (Å²) in [6, 6.07) is 4.29. The molecule has 2 amide bonds. The lowest BCUT2D eigenvalue weighted by atomic mass is 9.94. The molecule has 0 unspecified atom stereocenters. The fraction of sp³-hybridized carbons (Fsp3) is 0.316. The summed E-state index contributed by atoms with van der Waals surface area (Å²) in [5.41, 5.74) is 3.22. The number of carbonyl (C=O) groups is 2. The molecule has 136 valence electrons. The number of aromatic nitrogens is 1. The lowest BCUT2D eigenvalue weighted by Crippen LogP contribution is -2.46. The average molecular weight is 355 g/mol. The summed E-state index contributed by atoms with van der Waals surface area (Å²) in [6.07, 6.45) is 0. The zero-order chi connectivity index (χ0) is 19.0. The number of benzene rings is 1. The van der Waals surface area contributed by atoms with Gasteiger partial charge in [-0.25, -0.2) is 9.59 Å². The van der Waals surface area contributed by atoms with Gasteiger partial charge in [-0.05, 0) is 44.9 Å². The van der Waals surface area contributed by atoms with E-state index in [0.717, 1.165) is 22.0 Å². The van der Waals surface area contributed by atoms with Gasteiger partial charge in [-0.1, -0.05) is 12.1 Å². The van der Waals surface area contributed by atoms with Crippen LogP contribution in [-0.2, 0) is 9.53 Å². The molecule has 7 nitrogen and oxygen atoms in total. The number of hydrogen-bond donors (Lipinski definition) is 3. The van der Waals surface area contributed by atoms with Crippen molar-refractivity contribution in [2.45, 2.75) is 33.7 Å². The lowest BCUT2D eigenvalue weighted by Gasteiger charge is -2.27. The number of carbonyl (C=O) groups excluding carboxylic acids is 2. The number of fused-ring (bicyclic) bond motifs is 1. The van der Waals surface area contributed by atoms with Gasteiger partial charge in [0.2, 0.25) is 0 Å². The Morgan fingerprint density at radius 3 is 2.54 bits per heavy atom. The number of rotatable bonds is 3. The Morgan fingerprint density at radius 1 is 1.15 bits per heavy atom. The molecule has 0 bridgehead atoms. The maximum atomic E-state index is 12.7. The largest absolute Gasteiger partial charge is 0.463 e. The molecule has 1 atom stereocenters. The highest BCUT2D eigenvalue weighted by molar-refractivity contribution is 5.95. The zero-order valence-electron chi connectivity index (χ0n) is 15.1. The van der Waals surface area contributed by atoms with Gasteiger partial charge in [-0.3, -0.25) is 4.79 Å². The van der Waals surface area contributed by atoms with Crippen LogP contribution in [0.15, 0.2) is 34.3 Å². The Balaban J connectivity index is 2.23. The highest BCUT2D eigenvalue weighted by Gasteiger charge is 2.33. The molecule has 7 heteroatoms. The minimum absolute atomic E-state index is 0.197. The van der Waals surface area contributed by atoms with Gasteiger partial charge in [0.05, 0.1) is 23.7 Å². The molecular formula is C19H21N3O4. The fourth-order valence-electron chi connectivity index (χ4n) is 3.21. The van der Waals surface area contributed by atoms with Crippen LogP contribution in [0.3, 0.4) is 0 Å². The van der Waals surface area contributed by atoms with E-state index in [1.54, 1.807) is 19.9 Å². The molecule has 2 heterocycles. The number of urea groups is 1. The summed E-state index contributed by atoms with van der Waals surface area (Å²) >= 11 is 0. The van der Waals surface area contributed by atoms with Crippen LogP contribution in [0.2, 0.25) is 0 Å². The van der Waals surface area contributed by atoms with Crippen LogP contribution in [0.25, 0.3) is 10.9 Å². The van der Waals surface area contributed by atoms with Crippen molar-refractivity contribution in [2.75, 3.05) is 6.61 Å². The van der Waals surface area contributed by atoms with E-state index in [4.69, 9.17) is 4.74 Å². The third-order valence-corrected chi connectivity index (χ3v) is 4.55. The van der Waals surface area contributed by atoms with Gasteiger partial charge in [0.1, 0.15) is 0 Å². The molecule has 1 aliphatic rings. The lowest BCUT2D eigenvalue weighted by molar-refractivity contribution is -0.139. The minimum Gasteiger partial charge on any atom is -0.463 e. The van der Waals surface area contributed by atoms with Crippen molar-refractivity contribution in [3.63, 3.8) is 0 Å². The summed E-state index contributed by atoms with van der Waals surface area (Å²) in [5.74, 6) is -0.567. The first-order valence-corrected chi connectivity index (χ1v) is 8.42. The van der Waals surface area contributed by atoms with E-state index in [2.05, 4.69) is 15.6 Å². The van der Waals surface area contributed by atoms with Crippen LogP contribution >= 0.6 is 0 Å². The summed E-state index contributed by atoms with van der Waals surface area (Å²) in [4.78, 5) is 40.0. The molecule has 1 aliphatic heterocycles. The van der Waals surface area contributed by atoms with Crippen molar-refractivity contribution in [1.29, 1.82) is 0 Å². The van der Waals surface area contributed by atoms with Gasteiger partial charge in [0, 0.05) is 16.6 Å². The molecule has 1 aromatic heterocycles. The van der Waals surface area contributed by atoms with Crippen molar-refractivity contribution in [3.05, 3.63) is 56.5 Å². The van der Waals surface area contributed by atoms with Crippen molar-refractivity contribution in [3.8, 4) is 0 Å². The molecule has 0 spiro atoms. The molecule has 0 fully saturated rings. The molecule has 1 aromatic carbocycles. The third-order valence-electron chi connectivity index (χ3n) is 4.55. The van der Waals surface area contributed by atoms with E-state index >= 15 is 0 Å². The van der Waals surface area contributed by atoms with E-state index in [0.29, 0.717) is 11.3 Å². The number of amides is 2. The number of pyridine rings is 1. The smallest absolute Gasteiger partial charge is 0.338 e. The van der Waals surface area contributed by atoms with Crippen molar-refractivity contribution < 1.29 is 14.3 Å². The Labute approximate surface area is 150 Å². The number of aromatic amines is 1. The number of ether oxygens (including phenoxy) is 1. The molecule has 0 saturated carbocycles. The number of aryl methyl sites for hydroxylation is 2. The SMILES string of the molecule is CCOC(=O)C1=C(C)NC(=O)N[C@@H]1c1cc2c(C)ccc(C)c2[nH]c1=O. The highest BCUT2D eigenvalue weighted by atomic mass is 16.5. The zero-order valence-corrected chi connectivity index (χ0v) is 15.1. The second-order valence-corrected chi connectivity index (χ2v) is 6.33. The van der Waals surface area contributed by atoms with Crippen molar-refractivity contribution in [1.82, 2.24) is 15.6 Å². The maximum Gasteiger partial charge on any atom is 0.338 e. The average Bonchev–Trinajstić information content (AvgIpc) is 2.57. The number of esters is 1. The first kappa shape index (κ1) is 17.7. The summed E-state index contributed by atoms with van der Waals surface area (Å²) in [6.45, 7) is 7.37. The van der Waals surface area contributed by atoms with Gasteiger partial charge in [0.25, 0.3) is 5.56 Å². The quantitative estimate of drug-likeness (QED) is 0.736. The monoisotopic (exact) mass is 355 g/mol. The van der Waals surface area contributed by atoms with Crippen LogP contribution in [0.5, 0.6) is 0 Å². The van der Waals surface area contributed by atoms with Crippen LogP contribution in [-0.4, -0.2) is 23.6 Å². The van der Waals surface area contributed by atoms with E-state index in [9.17, 15) is 14.4 Å². The van der Waals surface area contributed by atoms with E-state index in [1.807, 2.05) is 26.0 Å². The van der Waals surface area contributed by atoms with Gasteiger partial charge < -0.3 is 20.4 Å². The van der Waals surface area contributed by atoms with Crippen LogP contribution < -0.4 is 16.2 Å². The predicted octanol–water partition coefficient (Wildman–Crippen LogP) is 2.34. The molecule has 0 radical (unpaired) electrons. The number of allylic oxidation sites excluding steroid dienone is 1. The number of H-pyrrole nitrogens is 1. The number of nitrogens with one attached hydrogen (secondary N) is 3. The Morgan fingerprint density at radius 2 is 1.85 bits per heavy atom. The molecular weight excluding hydrogens is 334 g/mol. The normalized spacial score (nSPS) is 17.1. The van der Waals surface area contributed by atoms with Crippen LogP contribution in [0, 0.1) is 13.8 Å². The molecule has 26 heavy (non-hydrogen) atoms. The molecule has 0 saturated heterocycles. The summed E-state index contributed by atoms with van der Waals surface area (Å²) < 4.78 is 5.11. The summed E-state index contributed by atoms with van der Waals surface area (Å²) in [5, 5.41) is 6.09. The molecule has 3 rings (SSSR count). The predicted molar refractivity (Wildman–Crippen MR) is 97.8 cm³/mol. The standard InChI is InChI=1S/C19H21N3O4/c1-5-26-18(24)14-11(4)20-19(25)22-16(14)13-8-12-9(2)6-7-10(3)15(12)21-17(13)23/h6-8,16H,5H2,1-4H3,(H,21,23)(H2,20,22,25)/t16-/m1/s1. The highest BCUT2D eigenvalue weighted by Crippen LogP contribution is 2.28. The first-order chi connectivity index (χ1) is 12.3. The topological polar surface area (TPSA) is 100 Å². The maximum absolute atomic E-state index is 12.7. The summed E-state index contributed by atoms with van der Waals surface area (Å²) in [7, 11) is 0. The Kier molecular flexibility index (Phi) is 4.54. The van der Waals surface area contributed by atoms with Crippen molar-refractivity contribution in [2.24, 2.45) is 0 Å². The van der Waals surface area contributed by atoms with Crippen LogP contribution in [0.4, 0.5) is 4.79 Å². The fourth-order valence-corrected chi connectivity index (χ4v) is 3.21. The van der Waals surface area contributed by atoms with E-state index in [-0.39, 0.29) is 17.7 Å². The van der Waals surface area contributed by atoms with E-state index in [1.165, 1.54) is 0 Å². The molecule has 2 aromatic rings. The Hall–Kier alpha value is -3.09. The number of hydrogen-bond acceptors (Lipinski definition) is 4. The van der Waals surface area contributed by atoms with E-state index < -0.39 is 18.0 Å². The Bertz CT molecular complexity index is 1000. The van der Waals surface area contributed by atoms with Gasteiger partial charge in [-0.2, -0.15) is 0 Å². The third kappa shape index (κ3) is 2.96. The second kappa shape index (κ2) is 6.67. The second-order valence-electron chi connectivity index (χ2n) is 6.33. The molecule has 3 N–H and O–H groups in total. The van der Waals surface area contributed by atoms with Crippen LogP contribution in [0.1, 0.15) is 36.6 Å². The van der Waals surface area contributed by atoms with Gasteiger partial charge in [0.15, 0.2) is 0 Å². The van der Waals surface area contributed by atoms with Gasteiger partial charge >= 0.3 is 12.0 Å². The first-order valence-electron chi connectivity index (χ1n) is 8.42. The minimum atomic E-state index is -0.879.